The minimum absolute atomic E-state index is 0.734. The Labute approximate surface area is 103 Å². The smallest absolute Gasteiger partial charge is 0.00984 e. The monoisotopic (exact) mass is 235 g/mol. The van der Waals surface area contributed by atoms with E-state index in [0.717, 1.165) is 24.9 Å². The van der Waals surface area contributed by atoms with Crippen molar-refractivity contribution in [3.8, 4) is 0 Å². The highest BCUT2D eigenvalue weighted by Crippen LogP contribution is 2.34. The number of thiophene rings is 1. The van der Waals surface area contributed by atoms with Gasteiger partial charge in [-0.2, -0.15) is 0 Å². The summed E-state index contributed by atoms with van der Waals surface area (Å²) >= 11 is 1.86. The summed E-state index contributed by atoms with van der Waals surface area (Å²) < 4.78 is 0. The number of rotatable bonds is 8. The molecular weight excluding hydrogens is 214 g/mol. The molecule has 2 rings (SSSR count). The molecule has 1 nitrogen and oxygen atoms in total. The van der Waals surface area contributed by atoms with E-state index in [-0.39, 0.29) is 0 Å². The van der Waals surface area contributed by atoms with Gasteiger partial charge in [0.05, 0.1) is 0 Å². The van der Waals surface area contributed by atoms with Crippen molar-refractivity contribution in [2.75, 3.05) is 6.54 Å². The molecular formula is C14H21NS. The van der Waals surface area contributed by atoms with Gasteiger partial charge in [0, 0.05) is 17.5 Å². The number of allylic oxidation sites excluding steroid dienone is 1. The highest BCUT2D eigenvalue weighted by atomic mass is 32.1. The summed E-state index contributed by atoms with van der Waals surface area (Å²) in [5, 5.41) is 5.87. The van der Waals surface area contributed by atoms with Crippen molar-refractivity contribution in [1.29, 1.82) is 0 Å². The summed E-state index contributed by atoms with van der Waals surface area (Å²) in [5.74, 6) is 0.947. The maximum atomic E-state index is 3.81. The Bertz CT molecular complexity index is 301. The third-order valence-electron chi connectivity index (χ3n) is 3.23. The van der Waals surface area contributed by atoms with Gasteiger partial charge in [0.2, 0.25) is 0 Å². The molecule has 2 heteroatoms. The molecule has 1 heterocycles. The van der Waals surface area contributed by atoms with Crippen LogP contribution in [0.3, 0.4) is 0 Å². The maximum Gasteiger partial charge on any atom is 0.00984 e. The fourth-order valence-electron chi connectivity index (χ4n) is 2.14. The largest absolute Gasteiger partial charge is 0.313 e. The molecule has 0 bridgehead atoms. The van der Waals surface area contributed by atoms with E-state index in [0.29, 0.717) is 0 Å². The lowest BCUT2D eigenvalue weighted by atomic mass is 10.1. The van der Waals surface area contributed by atoms with Gasteiger partial charge in [-0.05, 0) is 49.5 Å². The van der Waals surface area contributed by atoms with Crippen LogP contribution < -0.4 is 5.32 Å². The van der Waals surface area contributed by atoms with Gasteiger partial charge in [0.15, 0.2) is 0 Å². The van der Waals surface area contributed by atoms with E-state index in [9.17, 15) is 0 Å². The summed E-state index contributed by atoms with van der Waals surface area (Å²) in [5.41, 5.74) is 0. The lowest BCUT2D eigenvalue weighted by Crippen LogP contribution is -2.32. The van der Waals surface area contributed by atoms with E-state index in [2.05, 4.69) is 29.4 Å². The average Bonchev–Trinajstić information content (AvgIpc) is 3.01. The minimum Gasteiger partial charge on any atom is -0.313 e. The third kappa shape index (κ3) is 3.76. The van der Waals surface area contributed by atoms with Gasteiger partial charge < -0.3 is 5.32 Å². The Kier molecular flexibility index (Phi) is 4.61. The Hall–Kier alpha value is -0.600. The van der Waals surface area contributed by atoms with Gasteiger partial charge >= 0.3 is 0 Å². The second-order valence-corrected chi connectivity index (χ2v) is 5.63. The van der Waals surface area contributed by atoms with E-state index in [1.165, 1.54) is 30.6 Å². The van der Waals surface area contributed by atoms with Gasteiger partial charge in [-0.25, -0.2) is 0 Å². The molecule has 1 aromatic rings. The topological polar surface area (TPSA) is 12.0 Å². The first-order valence-electron chi connectivity index (χ1n) is 6.27. The molecule has 1 N–H and O–H groups in total. The van der Waals surface area contributed by atoms with Crippen LogP contribution >= 0.6 is 11.3 Å². The molecule has 1 aromatic heterocycles. The summed E-state index contributed by atoms with van der Waals surface area (Å²) in [6, 6.07) is 5.09. The van der Waals surface area contributed by atoms with Crippen molar-refractivity contribution in [1.82, 2.24) is 5.32 Å². The standard InChI is InChI=1S/C14H21NS/c1-2-3-6-14(12-7-8-12)15-10-9-13-5-4-11-16-13/h2,4-5,11-12,14-15H,1,3,6-10H2. The van der Waals surface area contributed by atoms with Crippen LogP contribution in [0.15, 0.2) is 30.2 Å². The molecule has 1 unspecified atom stereocenters. The van der Waals surface area contributed by atoms with Gasteiger partial charge in [-0.1, -0.05) is 12.1 Å². The summed E-state index contributed by atoms with van der Waals surface area (Å²) in [6.07, 6.45) is 8.47. The second kappa shape index (κ2) is 6.21. The van der Waals surface area contributed by atoms with Crippen LogP contribution in [0.5, 0.6) is 0 Å². The van der Waals surface area contributed by atoms with Crippen molar-refractivity contribution in [2.24, 2.45) is 5.92 Å². The first kappa shape index (κ1) is 11.9. The van der Waals surface area contributed by atoms with E-state index < -0.39 is 0 Å². The summed E-state index contributed by atoms with van der Waals surface area (Å²) in [4.78, 5) is 1.49. The number of hydrogen-bond acceptors (Lipinski definition) is 2. The molecule has 1 fully saturated rings. The van der Waals surface area contributed by atoms with E-state index in [1.807, 2.05) is 17.4 Å². The fourth-order valence-corrected chi connectivity index (χ4v) is 2.85. The van der Waals surface area contributed by atoms with Crippen LogP contribution in [0, 0.1) is 5.92 Å². The van der Waals surface area contributed by atoms with Crippen LogP contribution in [-0.4, -0.2) is 12.6 Å². The van der Waals surface area contributed by atoms with Crippen molar-refractivity contribution >= 4 is 11.3 Å². The summed E-state index contributed by atoms with van der Waals surface area (Å²) in [6.45, 7) is 4.93. The molecule has 0 spiro atoms. The molecule has 0 saturated heterocycles. The Balaban J connectivity index is 1.67. The second-order valence-electron chi connectivity index (χ2n) is 4.59. The first-order valence-corrected chi connectivity index (χ1v) is 7.15. The van der Waals surface area contributed by atoms with Gasteiger partial charge in [-0.3, -0.25) is 0 Å². The number of nitrogens with one attached hydrogen (secondary N) is 1. The van der Waals surface area contributed by atoms with Gasteiger partial charge in [0.25, 0.3) is 0 Å². The minimum atomic E-state index is 0.734. The van der Waals surface area contributed by atoms with E-state index >= 15 is 0 Å². The lowest BCUT2D eigenvalue weighted by molar-refractivity contribution is 0.441. The molecule has 16 heavy (non-hydrogen) atoms. The highest BCUT2D eigenvalue weighted by Gasteiger charge is 2.29. The van der Waals surface area contributed by atoms with Crippen LogP contribution in [0.4, 0.5) is 0 Å². The molecule has 0 aliphatic heterocycles. The van der Waals surface area contributed by atoms with Crippen LogP contribution in [0.25, 0.3) is 0 Å². The van der Waals surface area contributed by atoms with E-state index in [4.69, 9.17) is 0 Å². The predicted molar refractivity (Wildman–Crippen MR) is 72.0 cm³/mol. The van der Waals surface area contributed by atoms with Crippen molar-refractivity contribution in [2.45, 2.75) is 38.1 Å². The van der Waals surface area contributed by atoms with E-state index in [1.54, 1.807) is 0 Å². The molecule has 1 aliphatic carbocycles. The normalized spacial score (nSPS) is 17.2. The predicted octanol–water partition coefficient (Wildman–Crippen LogP) is 3.63. The fraction of sp³-hybridized carbons (Fsp3) is 0.571. The Morgan fingerprint density at radius 2 is 2.44 bits per heavy atom. The van der Waals surface area contributed by atoms with Crippen LogP contribution in [-0.2, 0) is 6.42 Å². The molecule has 1 saturated carbocycles. The molecule has 1 atom stereocenters. The third-order valence-corrected chi connectivity index (χ3v) is 4.17. The SMILES string of the molecule is C=CCCC(NCCc1cccs1)C1CC1. The Morgan fingerprint density at radius 3 is 3.06 bits per heavy atom. The molecule has 88 valence electrons. The van der Waals surface area contributed by atoms with Crippen molar-refractivity contribution < 1.29 is 0 Å². The summed E-state index contributed by atoms with van der Waals surface area (Å²) in [7, 11) is 0. The molecule has 0 radical (unpaired) electrons. The molecule has 1 aliphatic rings. The molecule has 0 aromatic carbocycles. The van der Waals surface area contributed by atoms with Gasteiger partial charge in [-0.15, -0.1) is 17.9 Å². The maximum absolute atomic E-state index is 3.81. The highest BCUT2D eigenvalue weighted by molar-refractivity contribution is 7.09. The zero-order chi connectivity index (χ0) is 11.2. The Morgan fingerprint density at radius 1 is 1.56 bits per heavy atom. The van der Waals surface area contributed by atoms with Gasteiger partial charge in [0.1, 0.15) is 0 Å². The van der Waals surface area contributed by atoms with Crippen LogP contribution in [0.1, 0.15) is 30.6 Å². The van der Waals surface area contributed by atoms with Crippen LogP contribution in [0.2, 0.25) is 0 Å². The zero-order valence-electron chi connectivity index (χ0n) is 9.82. The van der Waals surface area contributed by atoms with Crippen molar-refractivity contribution in [3.63, 3.8) is 0 Å². The lowest BCUT2D eigenvalue weighted by Gasteiger charge is -2.17. The quantitative estimate of drug-likeness (QED) is 0.679. The zero-order valence-corrected chi connectivity index (χ0v) is 10.6. The number of hydrogen-bond donors (Lipinski definition) is 1. The average molecular weight is 235 g/mol. The van der Waals surface area contributed by atoms with Crippen molar-refractivity contribution in [3.05, 3.63) is 35.0 Å². The first-order chi connectivity index (χ1) is 7.90. The molecule has 0 amide bonds.